The molecule has 0 amide bonds. The predicted octanol–water partition coefficient (Wildman–Crippen LogP) is 3.62. The van der Waals surface area contributed by atoms with Crippen molar-refractivity contribution in [3.05, 3.63) is 71.8 Å². The second kappa shape index (κ2) is 12.4. The zero-order chi connectivity index (χ0) is 21.0. The van der Waals surface area contributed by atoms with Crippen LogP contribution >= 0.6 is 0 Å². The Morgan fingerprint density at radius 3 is 2.37 bits per heavy atom. The minimum absolute atomic E-state index is 0.0270. The lowest BCUT2D eigenvalue weighted by Crippen LogP contribution is -2.39. The van der Waals surface area contributed by atoms with E-state index in [9.17, 15) is 4.79 Å². The molecule has 1 aliphatic heterocycles. The SMILES string of the molecule is CC(=O)OC[C@H](CCC1OCCO1)N[C@@H](COCc1ccccc1)c1ccccc1. The molecule has 1 aliphatic rings. The Morgan fingerprint density at radius 1 is 1.03 bits per heavy atom. The van der Waals surface area contributed by atoms with E-state index in [0.29, 0.717) is 33.0 Å². The molecule has 0 saturated carbocycles. The predicted molar refractivity (Wildman–Crippen MR) is 114 cm³/mol. The van der Waals surface area contributed by atoms with Gasteiger partial charge < -0.3 is 24.3 Å². The Hall–Kier alpha value is -2.25. The lowest BCUT2D eigenvalue weighted by atomic mass is 10.0. The van der Waals surface area contributed by atoms with Crippen LogP contribution in [0.2, 0.25) is 0 Å². The van der Waals surface area contributed by atoms with Gasteiger partial charge in [-0.05, 0) is 24.0 Å². The topological polar surface area (TPSA) is 66.0 Å². The maximum absolute atomic E-state index is 11.4. The highest BCUT2D eigenvalue weighted by Crippen LogP contribution is 2.18. The van der Waals surface area contributed by atoms with Crippen molar-refractivity contribution in [3.63, 3.8) is 0 Å². The fourth-order valence-corrected chi connectivity index (χ4v) is 3.42. The minimum Gasteiger partial charge on any atom is -0.464 e. The summed E-state index contributed by atoms with van der Waals surface area (Å²) >= 11 is 0. The number of carbonyl (C=O) groups excluding carboxylic acids is 1. The van der Waals surface area contributed by atoms with E-state index in [-0.39, 0.29) is 24.3 Å². The van der Waals surface area contributed by atoms with Gasteiger partial charge in [-0.1, -0.05) is 60.7 Å². The monoisotopic (exact) mass is 413 g/mol. The van der Waals surface area contributed by atoms with Crippen LogP contribution in [-0.4, -0.2) is 44.7 Å². The number of esters is 1. The average molecular weight is 414 g/mol. The van der Waals surface area contributed by atoms with E-state index < -0.39 is 0 Å². The van der Waals surface area contributed by atoms with E-state index >= 15 is 0 Å². The van der Waals surface area contributed by atoms with Crippen molar-refractivity contribution in [2.45, 2.75) is 44.7 Å². The molecule has 6 heteroatoms. The molecule has 2 atom stereocenters. The van der Waals surface area contributed by atoms with Crippen LogP contribution in [-0.2, 0) is 30.3 Å². The summed E-state index contributed by atoms with van der Waals surface area (Å²) in [5.41, 5.74) is 2.27. The minimum atomic E-state index is -0.285. The Balaban J connectivity index is 1.61. The largest absolute Gasteiger partial charge is 0.464 e. The molecular weight excluding hydrogens is 382 g/mol. The normalized spacial score (nSPS) is 16.3. The van der Waals surface area contributed by atoms with Gasteiger partial charge in [0.2, 0.25) is 0 Å². The number of benzene rings is 2. The molecular formula is C24H31NO5. The maximum atomic E-state index is 11.4. The van der Waals surface area contributed by atoms with Crippen LogP contribution in [0.5, 0.6) is 0 Å². The highest BCUT2D eigenvalue weighted by molar-refractivity contribution is 5.65. The second-order valence-corrected chi connectivity index (χ2v) is 7.38. The van der Waals surface area contributed by atoms with Crippen molar-refractivity contribution in [2.75, 3.05) is 26.4 Å². The lowest BCUT2D eigenvalue weighted by Gasteiger charge is -2.26. The Morgan fingerprint density at radius 2 is 1.70 bits per heavy atom. The van der Waals surface area contributed by atoms with Crippen LogP contribution in [0.25, 0.3) is 0 Å². The molecule has 6 nitrogen and oxygen atoms in total. The molecule has 2 aromatic rings. The first-order valence-corrected chi connectivity index (χ1v) is 10.5. The van der Waals surface area contributed by atoms with Gasteiger partial charge in [-0.15, -0.1) is 0 Å². The average Bonchev–Trinajstić information content (AvgIpc) is 3.29. The van der Waals surface area contributed by atoms with E-state index in [1.54, 1.807) is 0 Å². The van der Waals surface area contributed by atoms with Crippen molar-refractivity contribution < 1.29 is 23.7 Å². The fraction of sp³-hybridized carbons (Fsp3) is 0.458. The summed E-state index contributed by atoms with van der Waals surface area (Å²) in [6.07, 6.45) is 1.32. The van der Waals surface area contributed by atoms with Crippen molar-refractivity contribution in [2.24, 2.45) is 0 Å². The molecule has 0 aliphatic carbocycles. The third kappa shape index (κ3) is 7.88. The quantitative estimate of drug-likeness (QED) is 0.536. The summed E-state index contributed by atoms with van der Waals surface area (Å²) in [4.78, 5) is 11.4. The summed E-state index contributed by atoms with van der Waals surface area (Å²) in [6.45, 7) is 4.04. The first kappa shape index (κ1) is 22.4. The van der Waals surface area contributed by atoms with Crippen LogP contribution in [0.15, 0.2) is 60.7 Å². The Bertz CT molecular complexity index is 734. The number of rotatable bonds is 12. The number of hydrogen-bond donors (Lipinski definition) is 1. The van der Waals surface area contributed by atoms with E-state index in [4.69, 9.17) is 18.9 Å². The fourth-order valence-electron chi connectivity index (χ4n) is 3.42. The summed E-state index contributed by atoms with van der Waals surface area (Å²) < 4.78 is 22.4. The van der Waals surface area contributed by atoms with Crippen LogP contribution in [0.3, 0.4) is 0 Å². The van der Waals surface area contributed by atoms with E-state index in [1.165, 1.54) is 6.92 Å². The van der Waals surface area contributed by atoms with Gasteiger partial charge in [0.25, 0.3) is 0 Å². The summed E-state index contributed by atoms with van der Waals surface area (Å²) in [7, 11) is 0. The highest BCUT2D eigenvalue weighted by atomic mass is 16.7. The molecule has 0 radical (unpaired) electrons. The molecule has 0 unspecified atom stereocenters. The molecule has 0 aromatic heterocycles. The number of nitrogens with one attached hydrogen (secondary N) is 1. The van der Waals surface area contributed by atoms with Gasteiger partial charge in [0, 0.05) is 13.0 Å². The van der Waals surface area contributed by atoms with Gasteiger partial charge in [0.1, 0.15) is 6.61 Å². The molecule has 0 bridgehead atoms. The molecule has 3 rings (SSSR count). The summed E-state index contributed by atoms with van der Waals surface area (Å²) in [5.74, 6) is -0.285. The van der Waals surface area contributed by atoms with Gasteiger partial charge in [-0.2, -0.15) is 0 Å². The Labute approximate surface area is 178 Å². The second-order valence-electron chi connectivity index (χ2n) is 7.38. The number of ether oxygens (including phenoxy) is 4. The van der Waals surface area contributed by atoms with Gasteiger partial charge in [-0.25, -0.2) is 0 Å². The molecule has 1 N–H and O–H groups in total. The number of hydrogen-bond acceptors (Lipinski definition) is 6. The first-order valence-electron chi connectivity index (χ1n) is 10.5. The molecule has 1 fully saturated rings. The molecule has 0 spiro atoms. The van der Waals surface area contributed by atoms with Crippen molar-refractivity contribution in [1.82, 2.24) is 5.32 Å². The van der Waals surface area contributed by atoms with Gasteiger partial charge in [0.05, 0.1) is 32.5 Å². The lowest BCUT2D eigenvalue weighted by molar-refractivity contribution is -0.142. The van der Waals surface area contributed by atoms with Crippen molar-refractivity contribution >= 4 is 5.97 Å². The van der Waals surface area contributed by atoms with Crippen LogP contribution in [0, 0.1) is 0 Å². The van der Waals surface area contributed by atoms with E-state index in [0.717, 1.165) is 24.0 Å². The Kier molecular flexibility index (Phi) is 9.31. The zero-order valence-electron chi connectivity index (χ0n) is 17.5. The molecule has 162 valence electrons. The van der Waals surface area contributed by atoms with Gasteiger partial charge >= 0.3 is 5.97 Å². The van der Waals surface area contributed by atoms with Crippen LogP contribution in [0.4, 0.5) is 0 Å². The van der Waals surface area contributed by atoms with Crippen molar-refractivity contribution in [1.29, 1.82) is 0 Å². The van der Waals surface area contributed by atoms with Crippen LogP contribution < -0.4 is 5.32 Å². The zero-order valence-corrected chi connectivity index (χ0v) is 17.5. The first-order chi connectivity index (χ1) is 14.7. The number of carbonyl (C=O) groups is 1. The standard InChI is InChI=1S/C24H31NO5/c1-19(26)30-17-22(12-13-24-28-14-15-29-24)25-23(21-10-6-3-7-11-21)18-27-16-20-8-4-2-5-9-20/h2-11,22-25H,12-18H2,1H3/t22-,23-/m0/s1. The maximum Gasteiger partial charge on any atom is 0.302 e. The summed E-state index contributed by atoms with van der Waals surface area (Å²) in [6, 6.07) is 20.2. The summed E-state index contributed by atoms with van der Waals surface area (Å²) in [5, 5.41) is 3.62. The molecule has 2 aromatic carbocycles. The van der Waals surface area contributed by atoms with E-state index in [2.05, 4.69) is 29.6 Å². The van der Waals surface area contributed by atoms with Gasteiger partial charge in [-0.3, -0.25) is 4.79 Å². The third-order valence-corrected chi connectivity index (χ3v) is 4.96. The van der Waals surface area contributed by atoms with Crippen molar-refractivity contribution in [3.8, 4) is 0 Å². The van der Waals surface area contributed by atoms with E-state index in [1.807, 2.05) is 36.4 Å². The highest BCUT2D eigenvalue weighted by Gasteiger charge is 2.22. The van der Waals surface area contributed by atoms with Crippen LogP contribution in [0.1, 0.15) is 36.9 Å². The molecule has 1 heterocycles. The van der Waals surface area contributed by atoms with Gasteiger partial charge in [0.15, 0.2) is 6.29 Å². The smallest absolute Gasteiger partial charge is 0.302 e. The molecule has 1 saturated heterocycles. The molecule has 30 heavy (non-hydrogen) atoms. The third-order valence-electron chi connectivity index (χ3n) is 4.96.